The van der Waals surface area contributed by atoms with E-state index in [1.165, 1.54) is 0 Å². The molecule has 0 radical (unpaired) electrons. The first-order valence-electron chi connectivity index (χ1n) is 13.5. The van der Waals surface area contributed by atoms with E-state index in [1.807, 2.05) is 86.6 Å². The zero-order chi connectivity index (χ0) is 30.0. The predicted molar refractivity (Wildman–Crippen MR) is 164 cm³/mol. The summed E-state index contributed by atoms with van der Waals surface area (Å²) in [5.74, 6) is 0.766. The molecule has 0 aliphatic rings. The number of aryl methyl sites for hydroxylation is 2. The highest BCUT2D eigenvalue weighted by molar-refractivity contribution is 8.45. The molecule has 8 aromatic rings. The number of rotatable bonds is 3. The molecule has 216 valence electrons. The van der Waals surface area contributed by atoms with E-state index < -0.39 is 15.1 Å². The summed E-state index contributed by atoms with van der Waals surface area (Å²) in [6, 6.07) is 26.6. The first kappa shape index (κ1) is 25.9. The van der Waals surface area contributed by atoms with E-state index in [2.05, 4.69) is 0 Å². The van der Waals surface area contributed by atoms with Gasteiger partial charge in [0, 0.05) is 32.6 Å². The van der Waals surface area contributed by atoms with Gasteiger partial charge in [-0.05, 0) is 97.3 Å². The maximum atomic E-state index is 14.0. The molecule has 0 aliphatic carbocycles. The number of halogens is 5. The van der Waals surface area contributed by atoms with E-state index >= 15 is 0 Å². The molecule has 0 N–H and O–H groups in total. The molecule has 0 saturated carbocycles. The van der Waals surface area contributed by atoms with Gasteiger partial charge in [-0.25, -0.2) is 0 Å². The monoisotopic (exact) mass is 603 g/mol. The first-order chi connectivity index (χ1) is 20.2. The molecule has 0 unspecified atom stereocenters. The lowest BCUT2D eigenvalue weighted by Gasteiger charge is -2.40. The Morgan fingerprint density at radius 3 is 1.91 bits per heavy atom. The number of nitrogens with zero attached hydrogens (tertiary/aromatic N) is 1. The lowest BCUT2D eigenvalue weighted by molar-refractivity contribution is 0.364. The van der Waals surface area contributed by atoms with Crippen LogP contribution >= 0.6 is 10.2 Å². The minimum Gasteiger partial charge on any atom is -0.461 e. The summed E-state index contributed by atoms with van der Waals surface area (Å²) in [5.41, 5.74) is 6.29. The average Bonchev–Trinajstić information content (AvgIpc) is 3.59. The number of fused-ring (bicyclic) bond motifs is 7. The van der Waals surface area contributed by atoms with Crippen molar-refractivity contribution in [3.63, 3.8) is 0 Å². The Balaban J connectivity index is 1.41. The minimum absolute atomic E-state index is 0.0811. The van der Waals surface area contributed by atoms with Crippen LogP contribution in [0.3, 0.4) is 0 Å². The number of hydrogen-bond acceptors (Lipinski definition) is 2. The third kappa shape index (κ3) is 3.95. The molecule has 43 heavy (non-hydrogen) atoms. The Hall–Kier alpha value is -4.76. The molecule has 0 spiro atoms. The predicted octanol–water partition coefficient (Wildman–Crippen LogP) is 12.4. The molecule has 5 aromatic carbocycles. The van der Waals surface area contributed by atoms with Crippen molar-refractivity contribution in [3.8, 4) is 16.8 Å². The highest BCUT2D eigenvalue weighted by Gasteiger charge is 2.65. The van der Waals surface area contributed by atoms with Crippen molar-refractivity contribution < 1.29 is 28.3 Å². The largest absolute Gasteiger partial charge is 0.461 e. The Morgan fingerprint density at radius 1 is 0.535 bits per heavy atom. The number of hydrogen-bond donors (Lipinski definition) is 0. The number of aromatic nitrogens is 1. The van der Waals surface area contributed by atoms with E-state index in [0.717, 1.165) is 50.3 Å². The molecule has 9 heteroatoms. The quantitative estimate of drug-likeness (QED) is 0.188. The lowest BCUT2D eigenvalue weighted by atomic mass is 10.0. The second kappa shape index (κ2) is 7.79. The van der Waals surface area contributed by atoms with Crippen LogP contribution in [-0.2, 0) is 0 Å². The summed E-state index contributed by atoms with van der Waals surface area (Å²) in [5, 5.41) is 3.22. The van der Waals surface area contributed by atoms with Crippen molar-refractivity contribution in [2.24, 2.45) is 0 Å². The zero-order valence-corrected chi connectivity index (χ0v) is 23.6. The molecular weight excluding hydrogens is 581 g/mol. The van der Waals surface area contributed by atoms with Crippen molar-refractivity contribution in [2.75, 3.05) is 0 Å². The summed E-state index contributed by atoms with van der Waals surface area (Å²) < 4.78 is 83.5. The summed E-state index contributed by atoms with van der Waals surface area (Å²) in [6.45, 7) is 3.80. The number of para-hydroxylation sites is 1. The van der Waals surface area contributed by atoms with Crippen LogP contribution in [0, 0.1) is 13.8 Å². The van der Waals surface area contributed by atoms with Gasteiger partial charge in [0.25, 0.3) is 0 Å². The Bertz CT molecular complexity index is 2470. The topological polar surface area (TPSA) is 31.2 Å². The molecule has 3 aromatic heterocycles. The number of furan rings is 2. The molecule has 0 saturated heterocycles. The third-order valence-corrected chi connectivity index (χ3v) is 9.45. The highest BCUT2D eigenvalue weighted by Crippen LogP contribution is 3.02. The summed E-state index contributed by atoms with van der Waals surface area (Å²) in [4.78, 5) is -1.92. The van der Waals surface area contributed by atoms with Crippen LogP contribution in [0.5, 0.6) is 0 Å². The summed E-state index contributed by atoms with van der Waals surface area (Å²) in [6.07, 6.45) is 0. The second-order valence-corrected chi connectivity index (χ2v) is 13.4. The van der Waals surface area contributed by atoms with Crippen molar-refractivity contribution >= 4 is 64.9 Å². The minimum atomic E-state index is -9.94. The molecule has 0 atom stereocenters. The normalized spacial score (nSPS) is 14.3. The first-order valence-corrected chi connectivity index (χ1v) is 15.4. The fourth-order valence-electron chi connectivity index (χ4n) is 6.08. The van der Waals surface area contributed by atoms with Crippen LogP contribution in [0.15, 0.2) is 111 Å². The van der Waals surface area contributed by atoms with Crippen molar-refractivity contribution in [1.82, 2.24) is 4.57 Å². The van der Waals surface area contributed by atoms with Gasteiger partial charge in [-0.3, -0.25) is 0 Å². The highest BCUT2D eigenvalue weighted by atomic mass is 32.5. The third-order valence-electron chi connectivity index (χ3n) is 8.31. The Morgan fingerprint density at radius 2 is 1.14 bits per heavy atom. The maximum Gasteiger partial charge on any atom is 0.310 e. The van der Waals surface area contributed by atoms with Crippen LogP contribution in [0.4, 0.5) is 19.4 Å². The van der Waals surface area contributed by atoms with Gasteiger partial charge in [0.15, 0.2) is 0 Å². The van der Waals surface area contributed by atoms with Crippen LogP contribution in [0.2, 0.25) is 0 Å². The van der Waals surface area contributed by atoms with E-state index in [1.54, 1.807) is 10.6 Å². The molecule has 8 rings (SSSR count). The Labute approximate surface area is 241 Å². The smallest absolute Gasteiger partial charge is 0.310 e. The Kier molecular flexibility index (Phi) is 4.69. The molecular formula is C34H22F5NO2S. The van der Waals surface area contributed by atoms with Gasteiger partial charge in [-0.1, -0.05) is 49.8 Å². The van der Waals surface area contributed by atoms with Gasteiger partial charge in [0.2, 0.25) is 0 Å². The molecule has 0 bridgehead atoms. The van der Waals surface area contributed by atoms with E-state index in [0.29, 0.717) is 45.4 Å². The SMILES string of the molecule is Cc1oc2ccc(-n3c4ccc(-c5ccc6oc7ccccc7c6c5)cc4c4cc(S(F)(F)(F)(F)F)ccc43)cc2c1C. The molecule has 0 amide bonds. The van der Waals surface area contributed by atoms with Crippen molar-refractivity contribution in [2.45, 2.75) is 18.7 Å². The van der Waals surface area contributed by atoms with Gasteiger partial charge in [-0.15, -0.1) is 0 Å². The lowest BCUT2D eigenvalue weighted by Crippen LogP contribution is -2.05. The molecule has 0 fully saturated rings. The fourth-order valence-corrected chi connectivity index (χ4v) is 6.74. The average molecular weight is 604 g/mol. The van der Waals surface area contributed by atoms with Crippen LogP contribution in [0.1, 0.15) is 11.3 Å². The van der Waals surface area contributed by atoms with Gasteiger partial charge in [0.05, 0.1) is 11.0 Å². The van der Waals surface area contributed by atoms with Gasteiger partial charge < -0.3 is 13.4 Å². The maximum absolute atomic E-state index is 14.0. The van der Waals surface area contributed by atoms with E-state index in [9.17, 15) is 19.4 Å². The van der Waals surface area contributed by atoms with Gasteiger partial charge in [-0.2, -0.15) is 0 Å². The van der Waals surface area contributed by atoms with Gasteiger partial charge >= 0.3 is 10.2 Å². The second-order valence-electron chi connectivity index (χ2n) is 11.0. The summed E-state index contributed by atoms with van der Waals surface area (Å²) in [7, 11) is -9.94. The van der Waals surface area contributed by atoms with Crippen molar-refractivity contribution in [1.29, 1.82) is 0 Å². The number of benzene rings is 5. The fraction of sp³-hybridized carbons (Fsp3) is 0.0588. The van der Waals surface area contributed by atoms with Crippen LogP contribution in [-0.4, -0.2) is 4.57 Å². The van der Waals surface area contributed by atoms with Crippen LogP contribution in [0.25, 0.3) is 71.5 Å². The zero-order valence-electron chi connectivity index (χ0n) is 22.8. The van der Waals surface area contributed by atoms with E-state index in [4.69, 9.17) is 8.83 Å². The van der Waals surface area contributed by atoms with Crippen LogP contribution < -0.4 is 0 Å². The van der Waals surface area contributed by atoms with Gasteiger partial charge in [0.1, 0.15) is 27.4 Å². The molecule has 3 nitrogen and oxygen atoms in total. The van der Waals surface area contributed by atoms with E-state index in [-0.39, 0.29) is 5.39 Å². The van der Waals surface area contributed by atoms with Crippen molar-refractivity contribution in [3.05, 3.63) is 108 Å². The molecule has 3 heterocycles. The summed E-state index contributed by atoms with van der Waals surface area (Å²) >= 11 is 0. The molecule has 0 aliphatic heterocycles. The standard InChI is InChI=1S/C34H22F5NO2S/c1-19-20(2)41-33-14-9-23(17-26(19)33)40-30-11-7-21(22-8-13-34-29(16-22)25-5-3-4-6-32(25)42-34)15-27(30)28-18-24(10-12-31(28)40)43(35,36,37,38)39/h3-18H,1-2H3.